The van der Waals surface area contributed by atoms with Crippen molar-refractivity contribution in [1.82, 2.24) is 5.32 Å². The third kappa shape index (κ3) is 3.43. The molecule has 0 fully saturated rings. The molecule has 0 aliphatic rings. The monoisotopic (exact) mass is 270 g/mol. The summed E-state index contributed by atoms with van der Waals surface area (Å²) in [6.07, 6.45) is 1.57. The molecule has 0 spiro atoms. The van der Waals surface area contributed by atoms with Crippen LogP contribution in [0.15, 0.2) is 18.2 Å². The fourth-order valence-electron chi connectivity index (χ4n) is 2.09. The van der Waals surface area contributed by atoms with Gasteiger partial charge in [0.15, 0.2) is 0 Å². The Labute approximate surface area is 112 Å². The highest BCUT2D eigenvalue weighted by molar-refractivity contribution is 6.31. The molecule has 5 heteroatoms. The quantitative estimate of drug-likeness (QED) is 0.636. The molecule has 0 aromatic heterocycles. The Balaban J connectivity index is 3.05. The van der Waals surface area contributed by atoms with E-state index in [1.165, 1.54) is 6.07 Å². The molecule has 0 aliphatic carbocycles. The Hall–Kier alpha value is -1.13. The molecule has 0 heterocycles. The Morgan fingerprint density at radius 1 is 1.50 bits per heavy atom. The second kappa shape index (κ2) is 6.71. The van der Waals surface area contributed by atoms with Gasteiger partial charge in [-0.2, -0.15) is 0 Å². The van der Waals surface area contributed by atoms with E-state index in [-0.39, 0.29) is 10.6 Å². The van der Waals surface area contributed by atoms with Gasteiger partial charge in [-0.3, -0.25) is 10.1 Å². The largest absolute Gasteiger partial charge is 0.317 e. The number of hydrogen-bond acceptors (Lipinski definition) is 3. The first-order chi connectivity index (χ1) is 8.51. The fourth-order valence-corrected chi connectivity index (χ4v) is 2.34. The van der Waals surface area contributed by atoms with Gasteiger partial charge in [0, 0.05) is 17.7 Å². The predicted octanol–water partition coefficient (Wildman–Crippen LogP) is 3.42. The Bertz CT molecular complexity index is 423. The number of rotatable bonds is 6. The van der Waals surface area contributed by atoms with Crippen molar-refractivity contribution in [2.45, 2.75) is 32.7 Å². The van der Waals surface area contributed by atoms with Gasteiger partial charge in [-0.1, -0.05) is 31.0 Å². The van der Waals surface area contributed by atoms with Crippen LogP contribution in [0.3, 0.4) is 0 Å². The third-order valence-corrected chi connectivity index (χ3v) is 3.80. The zero-order chi connectivity index (χ0) is 13.7. The average Bonchev–Trinajstić information content (AvgIpc) is 2.36. The number of nitro benzene ring substituents is 1. The van der Waals surface area contributed by atoms with E-state index in [0.717, 1.165) is 6.42 Å². The summed E-state index contributed by atoms with van der Waals surface area (Å²) >= 11 is 6.10. The Morgan fingerprint density at radius 3 is 2.67 bits per heavy atom. The molecule has 0 amide bonds. The summed E-state index contributed by atoms with van der Waals surface area (Å²) in [7, 11) is 1.90. The van der Waals surface area contributed by atoms with Crippen LogP contribution in [0.1, 0.15) is 25.8 Å². The Kier molecular flexibility index (Phi) is 5.56. The molecule has 18 heavy (non-hydrogen) atoms. The van der Waals surface area contributed by atoms with Crippen LogP contribution in [0, 0.1) is 16.0 Å². The molecule has 1 N–H and O–H groups in total. The van der Waals surface area contributed by atoms with Crippen LogP contribution in [0.2, 0.25) is 5.02 Å². The third-order valence-electron chi connectivity index (χ3n) is 3.44. The summed E-state index contributed by atoms with van der Waals surface area (Å²) in [6, 6.07) is 5.14. The lowest BCUT2D eigenvalue weighted by molar-refractivity contribution is -0.385. The highest BCUT2D eigenvalue weighted by Gasteiger charge is 2.22. The van der Waals surface area contributed by atoms with Crippen LogP contribution in [0.25, 0.3) is 0 Å². The predicted molar refractivity (Wildman–Crippen MR) is 74.1 cm³/mol. The summed E-state index contributed by atoms with van der Waals surface area (Å²) in [5.41, 5.74) is 0.752. The van der Waals surface area contributed by atoms with Crippen molar-refractivity contribution in [2.24, 2.45) is 5.92 Å². The van der Waals surface area contributed by atoms with Crippen molar-refractivity contribution in [2.75, 3.05) is 7.05 Å². The Morgan fingerprint density at radius 2 is 2.17 bits per heavy atom. The maximum Gasteiger partial charge on any atom is 0.274 e. The minimum atomic E-state index is -0.363. The lowest BCUT2D eigenvalue weighted by atomic mass is 9.90. The van der Waals surface area contributed by atoms with Crippen molar-refractivity contribution >= 4 is 17.3 Å². The van der Waals surface area contributed by atoms with Gasteiger partial charge in [-0.05, 0) is 32.4 Å². The number of nitrogens with zero attached hydrogens (tertiary/aromatic N) is 1. The van der Waals surface area contributed by atoms with E-state index in [1.807, 2.05) is 7.05 Å². The minimum absolute atomic E-state index is 0.115. The van der Waals surface area contributed by atoms with E-state index in [4.69, 9.17) is 11.6 Å². The topological polar surface area (TPSA) is 55.2 Å². The van der Waals surface area contributed by atoms with Crippen molar-refractivity contribution < 1.29 is 4.92 Å². The molecule has 0 saturated heterocycles. The number of hydrogen-bond donors (Lipinski definition) is 1. The first-order valence-corrected chi connectivity index (χ1v) is 6.48. The molecule has 0 saturated carbocycles. The minimum Gasteiger partial charge on any atom is -0.317 e. The van der Waals surface area contributed by atoms with Crippen LogP contribution >= 0.6 is 11.6 Å². The summed E-state index contributed by atoms with van der Waals surface area (Å²) in [5.74, 6) is 0.327. The number of nitrogens with one attached hydrogen (secondary N) is 1. The van der Waals surface area contributed by atoms with Crippen LogP contribution < -0.4 is 5.32 Å². The van der Waals surface area contributed by atoms with Crippen LogP contribution in [-0.2, 0) is 6.42 Å². The zero-order valence-corrected chi connectivity index (χ0v) is 11.7. The lowest BCUT2D eigenvalue weighted by Crippen LogP contribution is -2.31. The molecule has 1 rings (SSSR count). The van der Waals surface area contributed by atoms with Crippen molar-refractivity contribution in [3.8, 4) is 0 Å². The molecule has 100 valence electrons. The molecule has 2 unspecified atom stereocenters. The van der Waals surface area contributed by atoms with E-state index in [2.05, 4.69) is 19.2 Å². The highest BCUT2D eigenvalue weighted by atomic mass is 35.5. The summed E-state index contributed by atoms with van der Waals surface area (Å²) in [6.45, 7) is 4.16. The maximum atomic E-state index is 11.0. The molecular formula is C13H19ClN2O2. The summed E-state index contributed by atoms with van der Waals surface area (Å²) in [4.78, 5) is 10.7. The van der Waals surface area contributed by atoms with Gasteiger partial charge in [0.05, 0.1) is 9.95 Å². The van der Waals surface area contributed by atoms with Gasteiger partial charge in [0.2, 0.25) is 0 Å². The lowest BCUT2D eigenvalue weighted by Gasteiger charge is -2.22. The second-order valence-electron chi connectivity index (χ2n) is 4.44. The first kappa shape index (κ1) is 14.9. The number of halogens is 1. The number of nitro groups is 1. The van der Waals surface area contributed by atoms with Crippen LogP contribution in [-0.4, -0.2) is 18.0 Å². The van der Waals surface area contributed by atoms with Crippen molar-refractivity contribution in [3.05, 3.63) is 38.9 Å². The first-order valence-electron chi connectivity index (χ1n) is 6.10. The van der Waals surface area contributed by atoms with Crippen molar-refractivity contribution in [1.29, 1.82) is 0 Å². The van der Waals surface area contributed by atoms with Crippen LogP contribution in [0.5, 0.6) is 0 Å². The van der Waals surface area contributed by atoms with Gasteiger partial charge in [-0.15, -0.1) is 0 Å². The standard InChI is InChI=1S/C13H19ClN2O2/c1-4-10(9(2)15-3)8-11-12(14)6-5-7-13(11)16(17)18/h5-7,9-10,15H,4,8H2,1-3H3. The van der Waals surface area contributed by atoms with Gasteiger partial charge in [-0.25, -0.2) is 0 Å². The average molecular weight is 271 g/mol. The normalized spacial score (nSPS) is 14.2. The van der Waals surface area contributed by atoms with Gasteiger partial charge in [0.1, 0.15) is 0 Å². The molecule has 0 radical (unpaired) electrons. The van der Waals surface area contributed by atoms with Gasteiger partial charge in [0.25, 0.3) is 5.69 Å². The van der Waals surface area contributed by atoms with E-state index in [1.54, 1.807) is 12.1 Å². The molecule has 0 aliphatic heterocycles. The van der Waals surface area contributed by atoms with E-state index >= 15 is 0 Å². The van der Waals surface area contributed by atoms with Crippen LogP contribution in [0.4, 0.5) is 5.69 Å². The van der Waals surface area contributed by atoms with E-state index in [0.29, 0.717) is 29.0 Å². The molecule has 1 aromatic rings. The highest BCUT2D eigenvalue weighted by Crippen LogP contribution is 2.30. The molecule has 1 aromatic carbocycles. The second-order valence-corrected chi connectivity index (χ2v) is 4.85. The van der Waals surface area contributed by atoms with E-state index < -0.39 is 0 Å². The summed E-state index contributed by atoms with van der Waals surface area (Å²) in [5, 5.41) is 14.7. The van der Waals surface area contributed by atoms with Gasteiger partial charge < -0.3 is 5.32 Å². The zero-order valence-electron chi connectivity index (χ0n) is 10.9. The molecular weight excluding hydrogens is 252 g/mol. The smallest absolute Gasteiger partial charge is 0.274 e. The molecule has 2 atom stereocenters. The SMILES string of the molecule is CCC(Cc1c(Cl)cccc1[N+](=O)[O-])C(C)NC. The molecule has 4 nitrogen and oxygen atoms in total. The maximum absolute atomic E-state index is 11.0. The van der Waals surface area contributed by atoms with Crippen molar-refractivity contribution in [3.63, 3.8) is 0 Å². The van der Waals surface area contributed by atoms with E-state index in [9.17, 15) is 10.1 Å². The van der Waals surface area contributed by atoms with Gasteiger partial charge >= 0.3 is 0 Å². The fraction of sp³-hybridized carbons (Fsp3) is 0.538. The summed E-state index contributed by atoms with van der Waals surface area (Å²) < 4.78 is 0. The number of benzene rings is 1. The molecule has 0 bridgehead atoms.